The van der Waals surface area contributed by atoms with E-state index in [-0.39, 0.29) is 6.04 Å². The van der Waals surface area contributed by atoms with Crippen molar-refractivity contribution in [1.29, 1.82) is 0 Å². The van der Waals surface area contributed by atoms with E-state index >= 15 is 0 Å². The van der Waals surface area contributed by atoms with Gasteiger partial charge in [0.05, 0.1) is 6.20 Å². The molecule has 1 aliphatic heterocycles. The van der Waals surface area contributed by atoms with Crippen LogP contribution < -0.4 is 0 Å². The Morgan fingerprint density at radius 2 is 2.25 bits per heavy atom. The lowest BCUT2D eigenvalue weighted by Crippen LogP contribution is -2.03. The second-order valence-electron chi connectivity index (χ2n) is 3.21. The third kappa shape index (κ3) is 0.995. The van der Waals surface area contributed by atoms with Gasteiger partial charge in [0.1, 0.15) is 17.4 Å². The minimum Gasteiger partial charge on any atom is -0.178 e. The monoisotopic (exact) mass is 162 g/mol. The molecule has 1 unspecified atom stereocenters. The number of azo groups is 1. The maximum absolute atomic E-state index is 4.13. The van der Waals surface area contributed by atoms with E-state index in [2.05, 4.69) is 34.3 Å². The number of hydrogen-bond donors (Lipinski definition) is 0. The van der Waals surface area contributed by atoms with Crippen LogP contribution in [0.4, 0.5) is 5.69 Å². The molecule has 0 aliphatic carbocycles. The molecule has 1 aliphatic rings. The first kappa shape index (κ1) is 7.34. The Labute approximate surface area is 70.7 Å². The zero-order valence-electron chi connectivity index (χ0n) is 7.10. The molecular weight excluding hydrogens is 152 g/mol. The van der Waals surface area contributed by atoms with Crippen LogP contribution in [0.3, 0.4) is 0 Å². The van der Waals surface area contributed by atoms with Crippen LogP contribution in [0.25, 0.3) is 0 Å². The Balaban J connectivity index is 2.42. The number of nitrogens with zero attached hydrogens (tertiary/aromatic N) is 4. The summed E-state index contributed by atoms with van der Waals surface area (Å²) in [6, 6.07) is 1.95. The van der Waals surface area contributed by atoms with Crippen LogP contribution >= 0.6 is 0 Å². The highest BCUT2D eigenvalue weighted by Gasteiger charge is 2.24. The van der Waals surface area contributed by atoms with Gasteiger partial charge in [-0.3, -0.25) is 0 Å². The Morgan fingerprint density at radius 1 is 1.42 bits per heavy atom. The molecule has 4 nitrogen and oxygen atoms in total. The lowest BCUT2D eigenvalue weighted by atomic mass is 10.0. The number of hydrogen-bond acceptors (Lipinski definition) is 4. The summed E-state index contributed by atoms with van der Waals surface area (Å²) in [6.07, 6.45) is 1.64. The van der Waals surface area contributed by atoms with E-state index in [1.807, 2.05) is 6.07 Å². The first-order valence-electron chi connectivity index (χ1n) is 4.01. The molecule has 12 heavy (non-hydrogen) atoms. The summed E-state index contributed by atoms with van der Waals surface area (Å²) in [6.45, 7) is 4.21. The fraction of sp³-hybridized carbons (Fsp3) is 0.500. The maximum atomic E-state index is 4.13. The SMILES string of the molecule is CC(C)C1N=Nc2ccnnc21. The molecule has 0 radical (unpaired) electrons. The van der Waals surface area contributed by atoms with Crippen LogP contribution in [0.15, 0.2) is 22.5 Å². The summed E-state index contributed by atoms with van der Waals surface area (Å²) in [7, 11) is 0. The molecule has 0 amide bonds. The third-order valence-corrected chi connectivity index (χ3v) is 1.93. The van der Waals surface area contributed by atoms with Crippen molar-refractivity contribution in [2.75, 3.05) is 0 Å². The summed E-state index contributed by atoms with van der Waals surface area (Å²) in [5, 5.41) is 16.0. The summed E-state index contributed by atoms with van der Waals surface area (Å²) >= 11 is 0. The molecule has 1 aromatic heterocycles. The highest BCUT2D eigenvalue weighted by atomic mass is 15.2. The second kappa shape index (κ2) is 2.62. The summed E-state index contributed by atoms with van der Waals surface area (Å²) < 4.78 is 0. The average Bonchev–Trinajstić information content (AvgIpc) is 2.47. The smallest absolute Gasteiger partial charge is 0.120 e. The molecule has 0 spiro atoms. The molecule has 2 heterocycles. The largest absolute Gasteiger partial charge is 0.178 e. The molecule has 0 fully saturated rings. The van der Waals surface area contributed by atoms with Crippen LogP contribution in [0, 0.1) is 5.92 Å². The van der Waals surface area contributed by atoms with E-state index in [0.29, 0.717) is 5.92 Å². The van der Waals surface area contributed by atoms with E-state index in [4.69, 9.17) is 0 Å². The molecular formula is C8H10N4. The minimum absolute atomic E-state index is 0.105. The van der Waals surface area contributed by atoms with E-state index in [0.717, 1.165) is 11.4 Å². The molecule has 4 heteroatoms. The first-order valence-corrected chi connectivity index (χ1v) is 4.01. The van der Waals surface area contributed by atoms with Gasteiger partial charge >= 0.3 is 0 Å². The zero-order chi connectivity index (χ0) is 8.55. The maximum Gasteiger partial charge on any atom is 0.120 e. The van der Waals surface area contributed by atoms with E-state index in [1.54, 1.807) is 6.20 Å². The lowest BCUT2D eigenvalue weighted by Gasteiger charge is -2.08. The van der Waals surface area contributed by atoms with Gasteiger partial charge in [-0.1, -0.05) is 13.8 Å². The van der Waals surface area contributed by atoms with Gasteiger partial charge in [0.2, 0.25) is 0 Å². The van der Waals surface area contributed by atoms with E-state index in [9.17, 15) is 0 Å². The van der Waals surface area contributed by atoms with Crippen molar-refractivity contribution in [3.05, 3.63) is 18.0 Å². The summed E-state index contributed by atoms with van der Waals surface area (Å²) in [4.78, 5) is 0. The normalized spacial score (nSPS) is 20.1. The van der Waals surface area contributed by atoms with Gasteiger partial charge in [0.15, 0.2) is 0 Å². The zero-order valence-corrected chi connectivity index (χ0v) is 7.10. The van der Waals surface area contributed by atoms with Gasteiger partial charge in [-0.25, -0.2) is 0 Å². The van der Waals surface area contributed by atoms with Crippen molar-refractivity contribution in [3.63, 3.8) is 0 Å². The number of fused-ring (bicyclic) bond motifs is 1. The topological polar surface area (TPSA) is 50.5 Å². The van der Waals surface area contributed by atoms with E-state index in [1.165, 1.54) is 0 Å². The van der Waals surface area contributed by atoms with Crippen LogP contribution in [0.2, 0.25) is 0 Å². The van der Waals surface area contributed by atoms with E-state index < -0.39 is 0 Å². The molecule has 0 bridgehead atoms. The number of rotatable bonds is 1. The fourth-order valence-corrected chi connectivity index (χ4v) is 1.26. The molecule has 0 aromatic carbocycles. The van der Waals surface area contributed by atoms with Crippen molar-refractivity contribution >= 4 is 5.69 Å². The Morgan fingerprint density at radius 3 is 3.00 bits per heavy atom. The van der Waals surface area contributed by atoms with Crippen molar-refractivity contribution in [2.45, 2.75) is 19.9 Å². The van der Waals surface area contributed by atoms with Crippen LogP contribution in [0.1, 0.15) is 25.6 Å². The van der Waals surface area contributed by atoms with Gasteiger partial charge in [0, 0.05) is 0 Å². The van der Waals surface area contributed by atoms with Crippen molar-refractivity contribution in [1.82, 2.24) is 10.2 Å². The number of aromatic nitrogens is 2. The molecule has 62 valence electrons. The molecule has 1 atom stereocenters. The highest BCUT2D eigenvalue weighted by molar-refractivity contribution is 5.43. The Hall–Kier alpha value is -1.32. The third-order valence-electron chi connectivity index (χ3n) is 1.93. The van der Waals surface area contributed by atoms with Gasteiger partial charge in [-0.2, -0.15) is 20.4 Å². The van der Waals surface area contributed by atoms with Gasteiger partial charge < -0.3 is 0 Å². The first-order chi connectivity index (χ1) is 5.79. The molecule has 0 saturated carbocycles. The van der Waals surface area contributed by atoms with Crippen molar-refractivity contribution in [2.24, 2.45) is 16.1 Å². The van der Waals surface area contributed by atoms with Gasteiger partial charge in [-0.15, -0.1) is 0 Å². The van der Waals surface area contributed by atoms with Crippen molar-refractivity contribution < 1.29 is 0 Å². The molecule has 2 rings (SSSR count). The standard InChI is InChI=1S/C8H10N4/c1-5(2)7-8-6(10-12-7)3-4-9-11-8/h3-5,7H,1-2H3. The predicted octanol–water partition coefficient (Wildman–Crippen LogP) is 2.27. The fourth-order valence-electron chi connectivity index (χ4n) is 1.26. The average molecular weight is 162 g/mol. The Bertz CT molecular complexity index is 319. The lowest BCUT2D eigenvalue weighted by molar-refractivity contribution is 0.502. The quantitative estimate of drug-likeness (QED) is 0.636. The van der Waals surface area contributed by atoms with Gasteiger partial charge in [0.25, 0.3) is 0 Å². The van der Waals surface area contributed by atoms with Crippen LogP contribution in [-0.4, -0.2) is 10.2 Å². The highest BCUT2D eigenvalue weighted by Crippen LogP contribution is 2.37. The summed E-state index contributed by atoms with van der Waals surface area (Å²) in [5.74, 6) is 0.437. The van der Waals surface area contributed by atoms with Gasteiger partial charge in [-0.05, 0) is 12.0 Å². The molecule has 0 saturated heterocycles. The van der Waals surface area contributed by atoms with Crippen molar-refractivity contribution in [3.8, 4) is 0 Å². The van der Waals surface area contributed by atoms with Crippen LogP contribution in [0.5, 0.6) is 0 Å². The summed E-state index contributed by atoms with van der Waals surface area (Å²) in [5.41, 5.74) is 1.77. The predicted molar refractivity (Wildman–Crippen MR) is 44.1 cm³/mol. The molecule has 1 aromatic rings. The molecule has 0 N–H and O–H groups in total. The second-order valence-corrected chi connectivity index (χ2v) is 3.21. The van der Waals surface area contributed by atoms with Crippen LogP contribution in [-0.2, 0) is 0 Å². The minimum atomic E-state index is 0.105. The Kier molecular flexibility index (Phi) is 1.60.